The summed E-state index contributed by atoms with van der Waals surface area (Å²) in [6.45, 7) is 20.2. The van der Waals surface area contributed by atoms with Crippen LogP contribution >= 0.6 is 0 Å². The Morgan fingerprint density at radius 3 is 1.00 bits per heavy atom. The third kappa shape index (κ3) is 6.83. The van der Waals surface area contributed by atoms with Gasteiger partial charge in [0.2, 0.25) is 0 Å². The molecule has 0 bridgehead atoms. The Balaban J connectivity index is 3.03. The zero-order valence-corrected chi connectivity index (χ0v) is 18.2. The summed E-state index contributed by atoms with van der Waals surface area (Å²) in [5, 5.41) is 0. The van der Waals surface area contributed by atoms with Crippen LogP contribution in [0.25, 0.3) is 0 Å². The summed E-state index contributed by atoms with van der Waals surface area (Å²) in [7, 11) is -7.46. The molecule has 0 N–H and O–H groups in total. The minimum absolute atomic E-state index is 0.567. The molecule has 0 aliphatic heterocycles. The van der Waals surface area contributed by atoms with Crippen LogP contribution in [-0.2, 0) is 12.3 Å². The largest absolute Gasteiger partial charge is 0.472 e. The fourth-order valence-electron chi connectivity index (χ4n) is 2.03. The van der Waals surface area contributed by atoms with Gasteiger partial charge in [0.15, 0.2) is 25.0 Å². The molecule has 1 aliphatic carbocycles. The number of hydrogen-bond donors (Lipinski definition) is 0. The Kier molecular flexibility index (Phi) is 5.16. The quantitative estimate of drug-likeness (QED) is 0.634. The van der Waals surface area contributed by atoms with E-state index in [4.69, 9.17) is 12.3 Å². The van der Waals surface area contributed by atoms with Gasteiger partial charge in [-0.1, -0.05) is 0 Å². The Morgan fingerprint density at radius 1 is 0.579 bits per heavy atom. The summed E-state index contributed by atoms with van der Waals surface area (Å²) in [5.74, 6) is 0. The van der Waals surface area contributed by atoms with Crippen molar-refractivity contribution in [3.63, 3.8) is 0 Å². The molecule has 0 aromatic carbocycles. The fraction of sp³-hybridized carbons (Fsp3) is 1.00. The molecule has 1 rings (SSSR count). The molecule has 1 fully saturated rings. The van der Waals surface area contributed by atoms with Crippen LogP contribution in [-0.4, -0.2) is 33.8 Å². The molecule has 0 amide bonds. The maximum atomic E-state index is 6.60. The third-order valence-corrected chi connectivity index (χ3v) is 14.8. The van der Waals surface area contributed by atoms with E-state index in [1.54, 1.807) is 0 Å². The predicted molar refractivity (Wildman–Crippen MR) is 92.0 cm³/mol. The minimum atomic E-state index is -2.48. The molecule has 0 spiro atoms. The van der Waals surface area contributed by atoms with Gasteiger partial charge in [0.25, 0.3) is 0 Å². The van der Waals surface area contributed by atoms with Gasteiger partial charge in [0.1, 0.15) is 0 Å². The fourth-order valence-corrected chi connectivity index (χ4v) is 16.8. The molecule has 114 valence electrons. The lowest BCUT2D eigenvalue weighted by Crippen LogP contribution is -2.60. The maximum absolute atomic E-state index is 6.60. The highest BCUT2D eigenvalue weighted by atomic mass is 28.5. The van der Waals surface area contributed by atoms with Gasteiger partial charge in [0.05, 0.1) is 0 Å². The minimum Gasteiger partial charge on any atom is -0.417 e. The Morgan fingerprint density at radius 2 is 0.842 bits per heavy atom. The molecular weight excluding hydrogens is 304 g/mol. The van der Waals surface area contributed by atoms with Crippen LogP contribution < -0.4 is 0 Å². The van der Waals surface area contributed by atoms with E-state index in [0.29, 0.717) is 5.54 Å². The highest BCUT2D eigenvalue weighted by Crippen LogP contribution is 2.49. The van der Waals surface area contributed by atoms with E-state index in [2.05, 4.69) is 58.9 Å². The van der Waals surface area contributed by atoms with Crippen molar-refractivity contribution in [1.29, 1.82) is 0 Å². The van der Waals surface area contributed by atoms with Crippen molar-refractivity contribution in [1.82, 2.24) is 0 Å². The summed E-state index contributed by atoms with van der Waals surface area (Å²) in [4.78, 5) is 0. The molecule has 1 aliphatic rings. The number of rotatable bonds is 7. The SMILES string of the molecule is C[Si](C)(C)O[Si](O[Si](C)(C)C)(O[Si](C)(C)C)C1CC1. The van der Waals surface area contributed by atoms with Crippen LogP contribution in [0, 0.1) is 0 Å². The first-order valence-corrected chi connectivity index (χ1v) is 19.4. The van der Waals surface area contributed by atoms with Crippen LogP contribution in [0.2, 0.25) is 64.5 Å². The lowest BCUT2D eigenvalue weighted by atomic mass is 11.0. The lowest BCUT2D eigenvalue weighted by molar-refractivity contribution is 0.249. The molecule has 7 heteroatoms. The Hall–Kier alpha value is 0.748. The standard InChI is InChI=1S/C12H32O3Si4/c1-16(2,3)13-19(12-10-11-12,14-17(4,5)6)15-18(7,8)9/h12H,10-11H2,1-9H3. The zero-order valence-electron chi connectivity index (χ0n) is 14.2. The molecule has 0 aromatic heterocycles. The molecule has 0 aromatic rings. The van der Waals surface area contributed by atoms with E-state index < -0.39 is 33.8 Å². The van der Waals surface area contributed by atoms with Gasteiger partial charge in [-0.25, -0.2) is 0 Å². The first-order valence-electron chi connectivity index (χ1n) is 7.33. The van der Waals surface area contributed by atoms with E-state index in [9.17, 15) is 0 Å². The average molecular weight is 337 g/mol. The maximum Gasteiger partial charge on any atom is 0.472 e. The second kappa shape index (κ2) is 5.51. The summed E-state index contributed by atoms with van der Waals surface area (Å²) in [6.07, 6.45) is 2.46. The van der Waals surface area contributed by atoms with Crippen LogP contribution in [0.3, 0.4) is 0 Å². The van der Waals surface area contributed by atoms with E-state index in [1.165, 1.54) is 12.8 Å². The zero-order chi connectivity index (χ0) is 15.1. The highest BCUT2D eigenvalue weighted by molar-refractivity contribution is 6.90. The summed E-state index contributed by atoms with van der Waals surface area (Å²) in [6, 6.07) is 0. The van der Waals surface area contributed by atoms with E-state index >= 15 is 0 Å². The monoisotopic (exact) mass is 336 g/mol. The topological polar surface area (TPSA) is 27.7 Å². The first-order chi connectivity index (χ1) is 8.23. The van der Waals surface area contributed by atoms with E-state index in [-0.39, 0.29) is 0 Å². The second-order valence-electron chi connectivity index (χ2n) is 8.52. The van der Waals surface area contributed by atoms with Crippen LogP contribution in [0.4, 0.5) is 0 Å². The number of hydrogen-bond acceptors (Lipinski definition) is 3. The van der Waals surface area contributed by atoms with Crippen molar-refractivity contribution in [3.8, 4) is 0 Å². The molecule has 0 unspecified atom stereocenters. The van der Waals surface area contributed by atoms with Gasteiger partial charge in [-0.2, -0.15) is 0 Å². The second-order valence-corrected chi connectivity index (χ2v) is 25.7. The van der Waals surface area contributed by atoms with Crippen molar-refractivity contribution >= 4 is 33.8 Å². The van der Waals surface area contributed by atoms with Gasteiger partial charge >= 0.3 is 8.80 Å². The Bertz CT molecular complexity index is 270. The molecule has 3 nitrogen and oxygen atoms in total. The van der Waals surface area contributed by atoms with Gasteiger partial charge in [-0.15, -0.1) is 0 Å². The van der Waals surface area contributed by atoms with Crippen LogP contribution in [0.1, 0.15) is 12.8 Å². The average Bonchev–Trinajstić information content (AvgIpc) is 2.70. The molecule has 0 radical (unpaired) electrons. The summed E-state index contributed by atoms with van der Waals surface area (Å²) in [5.41, 5.74) is 0.567. The Labute approximate surface area is 123 Å². The van der Waals surface area contributed by atoms with Gasteiger partial charge in [-0.05, 0) is 71.8 Å². The summed E-state index contributed by atoms with van der Waals surface area (Å²) >= 11 is 0. The molecule has 0 saturated heterocycles. The van der Waals surface area contributed by atoms with Crippen molar-refractivity contribution in [2.75, 3.05) is 0 Å². The van der Waals surface area contributed by atoms with Crippen LogP contribution in [0.5, 0.6) is 0 Å². The predicted octanol–water partition coefficient (Wildman–Crippen LogP) is 4.64. The normalized spacial score (nSPS) is 18.8. The molecule has 19 heavy (non-hydrogen) atoms. The summed E-state index contributed by atoms with van der Waals surface area (Å²) < 4.78 is 19.8. The lowest BCUT2D eigenvalue weighted by Gasteiger charge is -2.43. The van der Waals surface area contributed by atoms with Gasteiger partial charge in [-0.3, -0.25) is 0 Å². The molecular formula is C12H32O3Si4. The van der Waals surface area contributed by atoms with Gasteiger partial charge < -0.3 is 12.3 Å². The van der Waals surface area contributed by atoms with Gasteiger partial charge in [0, 0.05) is 5.54 Å². The van der Waals surface area contributed by atoms with Crippen molar-refractivity contribution in [2.24, 2.45) is 0 Å². The smallest absolute Gasteiger partial charge is 0.417 e. The van der Waals surface area contributed by atoms with E-state index in [1.807, 2.05) is 0 Å². The molecule has 0 heterocycles. The van der Waals surface area contributed by atoms with Crippen molar-refractivity contribution < 1.29 is 12.3 Å². The van der Waals surface area contributed by atoms with Crippen molar-refractivity contribution in [2.45, 2.75) is 77.3 Å². The van der Waals surface area contributed by atoms with Crippen molar-refractivity contribution in [3.05, 3.63) is 0 Å². The first kappa shape index (κ1) is 17.8. The third-order valence-electron chi connectivity index (χ3n) is 2.42. The van der Waals surface area contributed by atoms with Crippen LogP contribution in [0.15, 0.2) is 0 Å². The molecule has 1 saturated carbocycles. The molecule has 0 atom stereocenters. The highest BCUT2D eigenvalue weighted by Gasteiger charge is 2.59. The van der Waals surface area contributed by atoms with E-state index in [0.717, 1.165) is 0 Å².